The molecule has 7 heteroatoms. The average Bonchev–Trinajstić information content (AvgIpc) is 3.02. The maximum absolute atomic E-state index is 13.4. The quantitative estimate of drug-likeness (QED) is 0.673. The van der Waals surface area contributed by atoms with E-state index in [4.69, 9.17) is 4.74 Å². The third kappa shape index (κ3) is 3.01. The summed E-state index contributed by atoms with van der Waals surface area (Å²) < 4.78 is 18.7. The first-order valence-corrected chi connectivity index (χ1v) is 7.39. The van der Waals surface area contributed by atoms with E-state index in [1.807, 2.05) is 18.2 Å². The van der Waals surface area contributed by atoms with Gasteiger partial charge in [-0.3, -0.25) is 9.89 Å². The first-order chi connectivity index (χ1) is 11.6. The smallest absolute Gasteiger partial charge is 0.272 e. The van der Waals surface area contributed by atoms with Crippen LogP contribution in [0.1, 0.15) is 16.1 Å². The summed E-state index contributed by atoms with van der Waals surface area (Å²) in [4.78, 5) is 11.8. The number of aromatic nitrogens is 2. The molecule has 3 N–H and O–H groups in total. The molecule has 0 saturated carbocycles. The summed E-state index contributed by atoms with van der Waals surface area (Å²) >= 11 is 0. The fraction of sp³-hybridized carbons (Fsp3) is 0.176. The Labute approximate surface area is 138 Å². The number of methoxy groups -OCH3 is 1. The predicted octanol–water partition coefficient (Wildman–Crippen LogP) is 2.68. The fourth-order valence-corrected chi connectivity index (χ4v) is 2.50. The molecule has 0 aliphatic rings. The van der Waals surface area contributed by atoms with Crippen LogP contribution in [0.4, 0.5) is 10.1 Å². The molecule has 0 aliphatic heterocycles. The highest BCUT2D eigenvalue weighted by molar-refractivity contribution is 6.05. The first kappa shape index (κ1) is 15.8. The standard InChI is InChI=1S/C17H17FN4O2/c1-19-17(23)16-13-8-12(4-5-14(13)21-22-16)20-9-10-7-11(18)3-6-15(10)24-2/h3-8,20H,9H2,1-2H3,(H,19,23)(H,21,22). The van der Waals surface area contributed by atoms with Crippen molar-refractivity contribution >= 4 is 22.5 Å². The lowest BCUT2D eigenvalue weighted by Gasteiger charge is -2.11. The lowest BCUT2D eigenvalue weighted by Crippen LogP contribution is -2.18. The summed E-state index contributed by atoms with van der Waals surface area (Å²) in [6, 6.07) is 9.90. The molecule has 0 spiro atoms. The van der Waals surface area contributed by atoms with Crippen LogP contribution in [0.25, 0.3) is 10.9 Å². The highest BCUT2D eigenvalue weighted by Crippen LogP contribution is 2.23. The molecular formula is C17H17FN4O2. The van der Waals surface area contributed by atoms with Crippen LogP contribution in [0, 0.1) is 5.82 Å². The van der Waals surface area contributed by atoms with Gasteiger partial charge in [0.25, 0.3) is 5.91 Å². The van der Waals surface area contributed by atoms with Crippen LogP contribution in [0.5, 0.6) is 5.75 Å². The topological polar surface area (TPSA) is 79.0 Å². The van der Waals surface area contributed by atoms with Crippen molar-refractivity contribution in [2.75, 3.05) is 19.5 Å². The number of nitrogens with one attached hydrogen (secondary N) is 3. The SMILES string of the molecule is CNC(=O)c1n[nH]c2ccc(NCc3cc(F)ccc3OC)cc12. The van der Waals surface area contributed by atoms with Gasteiger partial charge in [-0.05, 0) is 36.4 Å². The first-order valence-electron chi connectivity index (χ1n) is 7.39. The van der Waals surface area contributed by atoms with Crippen LogP contribution in [-0.2, 0) is 6.54 Å². The zero-order valence-electron chi connectivity index (χ0n) is 13.3. The molecule has 0 unspecified atom stereocenters. The zero-order valence-corrected chi connectivity index (χ0v) is 13.3. The van der Waals surface area contributed by atoms with Gasteiger partial charge in [0.2, 0.25) is 0 Å². The van der Waals surface area contributed by atoms with Crippen LogP contribution < -0.4 is 15.4 Å². The van der Waals surface area contributed by atoms with Crippen molar-refractivity contribution < 1.29 is 13.9 Å². The van der Waals surface area contributed by atoms with E-state index in [-0.39, 0.29) is 11.7 Å². The number of hydrogen-bond acceptors (Lipinski definition) is 4. The van der Waals surface area contributed by atoms with Crippen LogP contribution in [0.3, 0.4) is 0 Å². The Kier molecular flexibility index (Phi) is 4.33. The highest BCUT2D eigenvalue weighted by atomic mass is 19.1. The molecular weight excluding hydrogens is 311 g/mol. The minimum Gasteiger partial charge on any atom is -0.496 e. The normalized spacial score (nSPS) is 10.6. The Morgan fingerprint density at radius 2 is 2.12 bits per heavy atom. The van der Waals surface area contributed by atoms with Gasteiger partial charge in [-0.2, -0.15) is 5.10 Å². The zero-order chi connectivity index (χ0) is 17.1. The van der Waals surface area contributed by atoms with E-state index < -0.39 is 0 Å². The minimum absolute atomic E-state index is 0.259. The number of halogens is 1. The number of nitrogens with zero attached hydrogens (tertiary/aromatic N) is 1. The number of ether oxygens (including phenoxy) is 1. The number of rotatable bonds is 5. The Bertz CT molecular complexity index is 891. The summed E-state index contributed by atoms with van der Waals surface area (Å²) in [5.74, 6) is 0.0318. The van der Waals surface area contributed by atoms with Gasteiger partial charge in [-0.1, -0.05) is 0 Å². The second kappa shape index (κ2) is 6.57. The summed E-state index contributed by atoms with van der Waals surface area (Å²) in [6.07, 6.45) is 0. The molecule has 3 aromatic rings. The van der Waals surface area contributed by atoms with Crippen LogP contribution in [0.15, 0.2) is 36.4 Å². The molecule has 24 heavy (non-hydrogen) atoms. The molecule has 0 fully saturated rings. The Balaban J connectivity index is 1.86. The van der Waals surface area contributed by atoms with Gasteiger partial charge in [-0.25, -0.2) is 4.39 Å². The molecule has 0 saturated heterocycles. The molecule has 0 bridgehead atoms. The van der Waals surface area contributed by atoms with Crippen molar-refractivity contribution in [2.45, 2.75) is 6.54 Å². The number of anilines is 1. The number of carbonyl (C=O) groups is 1. The van der Waals surface area contributed by atoms with Crippen molar-refractivity contribution in [1.82, 2.24) is 15.5 Å². The van der Waals surface area contributed by atoms with Gasteiger partial charge in [0.05, 0.1) is 12.6 Å². The van der Waals surface area contributed by atoms with E-state index in [0.717, 1.165) is 11.2 Å². The molecule has 3 rings (SSSR count). The molecule has 124 valence electrons. The summed E-state index contributed by atoms with van der Waals surface area (Å²) in [5, 5.41) is 13.3. The van der Waals surface area contributed by atoms with Crippen LogP contribution >= 0.6 is 0 Å². The second-order valence-electron chi connectivity index (χ2n) is 5.22. The minimum atomic E-state index is -0.320. The largest absolute Gasteiger partial charge is 0.496 e. The van der Waals surface area contributed by atoms with Gasteiger partial charge in [0, 0.05) is 30.2 Å². The Morgan fingerprint density at radius 1 is 1.29 bits per heavy atom. The number of hydrogen-bond donors (Lipinski definition) is 3. The van der Waals surface area contributed by atoms with Crippen molar-refractivity contribution in [3.8, 4) is 5.75 Å². The van der Waals surface area contributed by atoms with E-state index in [0.29, 0.717) is 28.9 Å². The van der Waals surface area contributed by atoms with Gasteiger partial charge in [-0.15, -0.1) is 0 Å². The number of H-pyrrole nitrogens is 1. The molecule has 1 heterocycles. The summed E-state index contributed by atoms with van der Waals surface area (Å²) in [5.41, 5.74) is 2.60. The van der Waals surface area contributed by atoms with Gasteiger partial charge < -0.3 is 15.4 Å². The maximum atomic E-state index is 13.4. The van der Waals surface area contributed by atoms with Crippen molar-refractivity contribution in [3.05, 3.63) is 53.5 Å². The third-order valence-electron chi connectivity index (χ3n) is 3.73. The van der Waals surface area contributed by atoms with Crippen molar-refractivity contribution in [3.63, 3.8) is 0 Å². The fourth-order valence-electron chi connectivity index (χ4n) is 2.50. The number of amides is 1. The molecule has 1 amide bonds. The lowest BCUT2D eigenvalue weighted by atomic mass is 10.1. The number of fused-ring (bicyclic) bond motifs is 1. The van der Waals surface area contributed by atoms with Gasteiger partial charge in [0.1, 0.15) is 11.6 Å². The number of carbonyl (C=O) groups excluding carboxylic acids is 1. The Morgan fingerprint density at radius 3 is 2.88 bits per heavy atom. The van der Waals surface area contributed by atoms with E-state index >= 15 is 0 Å². The van der Waals surface area contributed by atoms with E-state index in [2.05, 4.69) is 20.8 Å². The number of benzene rings is 2. The third-order valence-corrected chi connectivity index (χ3v) is 3.73. The van der Waals surface area contributed by atoms with E-state index in [9.17, 15) is 9.18 Å². The average molecular weight is 328 g/mol. The lowest BCUT2D eigenvalue weighted by molar-refractivity contribution is 0.0959. The van der Waals surface area contributed by atoms with Crippen molar-refractivity contribution in [2.24, 2.45) is 0 Å². The van der Waals surface area contributed by atoms with E-state index in [1.54, 1.807) is 20.2 Å². The predicted molar refractivity (Wildman–Crippen MR) is 89.8 cm³/mol. The molecule has 1 aromatic heterocycles. The van der Waals surface area contributed by atoms with Crippen molar-refractivity contribution in [1.29, 1.82) is 0 Å². The Hall–Kier alpha value is -3.09. The molecule has 2 aromatic carbocycles. The van der Waals surface area contributed by atoms with Gasteiger partial charge >= 0.3 is 0 Å². The summed E-state index contributed by atoms with van der Waals surface area (Å²) in [7, 11) is 3.10. The molecule has 6 nitrogen and oxygen atoms in total. The molecule has 0 atom stereocenters. The van der Waals surface area contributed by atoms with Crippen LogP contribution in [0.2, 0.25) is 0 Å². The second-order valence-corrected chi connectivity index (χ2v) is 5.22. The maximum Gasteiger partial charge on any atom is 0.272 e. The van der Waals surface area contributed by atoms with Crippen LogP contribution in [-0.4, -0.2) is 30.3 Å². The molecule has 0 radical (unpaired) electrons. The summed E-state index contributed by atoms with van der Waals surface area (Å²) in [6.45, 7) is 0.388. The highest BCUT2D eigenvalue weighted by Gasteiger charge is 2.13. The number of aromatic amines is 1. The molecule has 0 aliphatic carbocycles. The monoisotopic (exact) mass is 328 g/mol. The van der Waals surface area contributed by atoms with E-state index in [1.165, 1.54) is 12.1 Å². The van der Waals surface area contributed by atoms with Gasteiger partial charge in [0.15, 0.2) is 5.69 Å².